The van der Waals surface area contributed by atoms with Gasteiger partial charge < -0.3 is 15.2 Å². The number of hydrogen-bond acceptors (Lipinski definition) is 3. The highest BCUT2D eigenvalue weighted by Crippen LogP contribution is 2.17. The summed E-state index contributed by atoms with van der Waals surface area (Å²) in [6.45, 7) is 4.90. The standard InChI is InChI=1S/C19H23NO3/c1-19(2,12-14-7-9-17(23-3)10-8-14)20-13-15-5-4-6-16(11-15)18(21)22/h4-11,20H,12-13H2,1-3H3,(H,21,22). The van der Waals surface area contributed by atoms with E-state index in [4.69, 9.17) is 9.84 Å². The normalized spacial score (nSPS) is 11.3. The van der Waals surface area contributed by atoms with Crippen molar-refractivity contribution < 1.29 is 14.6 Å². The van der Waals surface area contributed by atoms with Gasteiger partial charge in [-0.25, -0.2) is 4.79 Å². The van der Waals surface area contributed by atoms with Crippen LogP contribution in [0.1, 0.15) is 35.3 Å². The first-order valence-corrected chi connectivity index (χ1v) is 7.60. The SMILES string of the molecule is COc1ccc(CC(C)(C)NCc2cccc(C(=O)O)c2)cc1. The van der Waals surface area contributed by atoms with Crippen molar-refractivity contribution in [1.29, 1.82) is 0 Å². The zero-order valence-corrected chi connectivity index (χ0v) is 13.8. The second-order valence-electron chi connectivity index (χ2n) is 6.27. The number of carboxylic acid groups (broad SMARTS) is 1. The Morgan fingerprint density at radius 3 is 2.43 bits per heavy atom. The van der Waals surface area contributed by atoms with Gasteiger partial charge in [-0.2, -0.15) is 0 Å². The molecule has 0 heterocycles. The number of methoxy groups -OCH3 is 1. The minimum atomic E-state index is -0.899. The summed E-state index contributed by atoms with van der Waals surface area (Å²) in [7, 11) is 1.66. The summed E-state index contributed by atoms with van der Waals surface area (Å²) < 4.78 is 5.17. The van der Waals surface area contributed by atoms with Crippen LogP contribution in [0.15, 0.2) is 48.5 Å². The molecule has 0 fully saturated rings. The van der Waals surface area contributed by atoms with E-state index in [1.807, 2.05) is 18.2 Å². The van der Waals surface area contributed by atoms with Crippen LogP contribution in [0.25, 0.3) is 0 Å². The Kier molecular flexibility index (Phi) is 5.40. The first-order valence-electron chi connectivity index (χ1n) is 7.60. The van der Waals surface area contributed by atoms with Crippen LogP contribution in [0.5, 0.6) is 5.75 Å². The summed E-state index contributed by atoms with van der Waals surface area (Å²) in [6, 6.07) is 15.1. The topological polar surface area (TPSA) is 58.6 Å². The Morgan fingerprint density at radius 2 is 1.83 bits per heavy atom. The largest absolute Gasteiger partial charge is 0.497 e. The maximum Gasteiger partial charge on any atom is 0.335 e. The monoisotopic (exact) mass is 313 g/mol. The van der Waals surface area contributed by atoms with E-state index in [-0.39, 0.29) is 5.54 Å². The summed E-state index contributed by atoms with van der Waals surface area (Å²) in [6.07, 6.45) is 0.871. The van der Waals surface area contributed by atoms with Crippen LogP contribution in [0.3, 0.4) is 0 Å². The molecule has 4 heteroatoms. The Hall–Kier alpha value is -2.33. The molecule has 0 spiro atoms. The van der Waals surface area contributed by atoms with E-state index in [1.165, 1.54) is 5.56 Å². The highest BCUT2D eigenvalue weighted by Gasteiger charge is 2.18. The third-order valence-electron chi connectivity index (χ3n) is 3.75. The summed E-state index contributed by atoms with van der Waals surface area (Å²) >= 11 is 0. The number of benzene rings is 2. The molecule has 2 N–H and O–H groups in total. The molecule has 0 radical (unpaired) electrons. The van der Waals surface area contributed by atoms with E-state index < -0.39 is 5.97 Å². The van der Waals surface area contributed by atoms with Gasteiger partial charge in [-0.3, -0.25) is 0 Å². The minimum Gasteiger partial charge on any atom is -0.497 e. The van der Waals surface area contributed by atoms with E-state index in [0.717, 1.165) is 17.7 Å². The van der Waals surface area contributed by atoms with Crippen molar-refractivity contribution in [3.63, 3.8) is 0 Å². The summed E-state index contributed by atoms with van der Waals surface area (Å²) in [5.41, 5.74) is 2.40. The molecule has 0 saturated carbocycles. The van der Waals surface area contributed by atoms with E-state index in [2.05, 4.69) is 31.3 Å². The molecule has 0 saturated heterocycles. The lowest BCUT2D eigenvalue weighted by atomic mass is 9.94. The van der Waals surface area contributed by atoms with Crippen molar-refractivity contribution in [2.45, 2.75) is 32.4 Å². The molecule has 0 aliphatic heterocycles. The number of carbonyl (C=O) groups is 1. The van der Waals surface area contributed by atoms with Gasteiger partial charge in [0.05, 0.1) is 12.7 Å². The number of hydrogen-bond donors (Lipinski definition) is 2. The van der Waals surface area contributed by atoms with Gasteiger partial charge in [0, 0.05) is 12.1 Å². The molecule has 0 aromatic heterocycles. The summed E-state index contributed by atoms with van der Waals surface area (Å²) in [5, 5.41) is 12.5. The average molecular weight is 313 g/mol. The second-order valence-corrected chi connectivity index (χ2v) is 6.27. The van der Waals surface area contributed by atoms with Gasteiger partial charge in [-0.05, 0) is 55.7 Å². The third kappa shape index (κ3) is 5.11. The molecular formula is C19H23NO3. The second kappa shape index (κ2) is 7.29. The molecule has 0 atom stereocenters. The van der Waals surface area contributed by atoms with Crippen molar-refractivity contribution in [3.05, 3.63) is 65.2 Å². The maximum absolute atomic E-state index is 11.0. The van der Waals surface area contributed by atoms with Crippen molar-refractivity contribution in [3.8, 4) is 5.75 Å². The van der Waals surface area contributed by atoms with Gasteiger partial charge in [-0.15, -0.1) is 0 Å². The highest BCUT2D eigenvalue weighted by atomic mass is 16.5. The summed E-state index contributed by atoms with van der Waals surface area (Å²) in [5.74, 6) is -0.0469. The van der Waals surface area contributed by atoms with Crippen molar-refractivity contribution in [2.24, 2.45) is 0 Å². The van der Waals surface area contributed by atoms with E-state index >= 15 is 0 Å². The lowest BCUT2D eigenvalue weighted by Gasteiger charge is -2.27. The number of carboxylic acids is 1. The van der Waals surface area contributed by atoms with Crippen LogP contribution in [-0.2, 0) is 13.0 Å². The third-order valence-corrected chi connectivity index (χ3v) is 3.75. The van der Waals surface area contributed by atoms with E-state index in [1.54, 1.807) is 25.3 Å². The van der Waals surface area contributed by atoms with Crippen LogP contribution >= 0.6 is 0 Å². The molecule has 122 valence electrons. The Bertz CT molecular complexity index is 663. The van der Waals surface area contributed by atoms with Crippen molar-refractivity contribution in [1.82, 2.24) is 5.32 Å². The predicted molar refractivity (Wildman–Crippen MR) is 91.0 cm³/mol. The maximum atomic E-state index is 11.0. The zero-order chi connectivity index (χ0) is 16.9. The lowest BCUT2D eigenvalue weighted by Crippen LogP contribution is -2.40. The van der Waals surface area contributed by atoms with E-state index in [9.17, 15) is 4.79 Å². The van der Waals surface area contributed by atoms with E-state index in [0.29, 0.717) is 12.1 Å². The zero-order valence-electron chi connectivity index (χ0n) is 13.8. The number of rotatable bonds is 7. The van der Waals surface area contributed by atoms with Crippen LogP contribution < -0.4 is 10.1 Å². The van der Waals surface area contributed by atoms with Crippen molar-refractivity contribution in [2.75, 3.05) is 7.11 Å². The first-order chi connectivity index (χ1) is 10.9. The molecule has 0 aliphatic rings. The fourth-order valence-electron chi connectivity index (χ4n) is 2.47. The lowest BCUT2D eigenvalue weighted by molar-refractivity contribution is 0.0696. The van der Waals surface area contributed by atoms with Gasteiger partial charge in [0.15, 0.2) is 0 Å². The van der Waals surface area contributed by atoms with Gasteiger partial charge in [0.2, 0.25) is 0 Å². The number of aromatic carboxylic acids is 1. The quantitative estimate of drug-likeness (QED) is 0.821. The van der Waals surface area contributed by atoms with Crippen LogP contribution in [0.4, 0.5) is 0 Å². The first kappa shape index (κ1) is 17.0. The van der Waals surface area contributed by atoms with Crippen LogP contribution in [0.2, 0.25) is 0 Å². The molecule has 2 aromatic carbocycles. The molecular weight excluding hydrogens is 290 g/mol. The van der Waals surface area contributed by atoms with Gasteiger partial charge in [0.1, 0.15) is 5.75 Å². The molecule has 0 aliphatic carbocycles. The number of nitrogens with one attached hydrogen (secondary N) is 1. The molecule has 2 aromatic rings. The van der Waals surface area contributed by atoms with Gasteiger partial charge in [-0.1, -0.05) is 24.3 Å². The summed E-state index contributed by atoms with van der Waals surface area (Å²) in [4.78, 5) is 11.0. The Balaban J connectivity index is 1.97. The molecule has 23 heavy (non-hydrogen) atoms. The molecule has 0 bridgehead atoms. The molecule has 4 nitrogen and oxygen atoms in total. The van der Waals surface area contributed by atoms with Crippen molar-refractivity contribution >= 4 is 5.97 Å². The molecule has 2 rings (SSSR count). The minimum absolute atomic E-state index is 0.103. The Labute approximate surface area is 137 Å². The Morgan fingerprint density at radius 1 is 1.13 bits per heavy atom. The fraction of sp³-hybridized carbons (Fsp3) is 0.316. The van der Waals surface area contributed by atoms with Crippen LogP contribution in [0, 0.1) is 0 Å². The fourth-order valence-corrected chi connectivity index (χ4v) is 2.47. The molecule has 0 amide bonds. The number of ether oxygens (including phenoxy) is 1. The average Bonchev–Trinajstić information content (AvgIpc) is 2.54. The highest BCUT2D eigenvalue weighted by molar-refractivity contribution is 5.87. The van der Waals surface area contributed by atoms with Crippen LogP contribution in [-0.4, -0.2) is 23.7 Å². The molecule has 0 unspecified atom stereocenters. The predicted octanol–water partition coefficient (Wildman–Crippen LogP) is 3.50. The van der Waals surface area contributed by atoms with Gasteiger partial charge in [0.25, 0.3) is 0 Å². The van der Waals surface area contributed by atoms with Gasteiger partial charge >= 0.3 is 5.97 Å². The smallest absolute Gasteiger partial charge is 0.335 e.